The Morgan fingerprint density at radius 3 is 2.33 bits per heavy atom. The summed E-state index contributed by atoms with van der Waals surface area (Å²) in [6, 6.07) is 5.33. The summed E-state index contributed by atoms with van der Waals surface area (Å²) in [5.41, 5.74) is -0.108. The average Bonchev–Trinajstić information content (AvgIpc) is 2.18. The van der Waals surface area contributed by atoms with Crippen LogP contribution in [0.5, 0.6) is 0 Å². The second-order valence-electron chi connectivity index (χ2n) is 4.01. The van der Waals surface area contributed by atoms with E-state index < -0.39 is 11.6 Å². The number of rotatable bonds is 3. The third-order valence-corrected chi connectivity index (χ3v) is 2.30. The van der Waals surface area contributed by atoms with Gasteiger partial charge < -0.3 is 4.74 Å². The molecule has 0 unspecified atom stereocenters. The van der Waals surface area contributed by atoms with Crippen molar-refractivity contribution in [3.63, 3.8) is 0 Å². The van der Waals surface area contributed by atoms with Gasteiger partial charge >= 0.3 is 5.97 Å². The maximum absolute atomic E-state index is 12.6. The Morgan fingerprint density at radius 2 is 1.87 bits per heavy atom. The molecule has 0 amide bonds. The molecule has 0 spiro atoms. The van der Waals surface area contributed by atoms with Crippen LogP contribution in [0.25, 0.3) is 0 Å². The molecule has 0 bridgehead atoms. The molecule has 0 fully saturated rings. The van der Waals surface area contributed by atoms with Gasteiger partial charge in [0.1, 0.15) is 11.4 Å². The van der Waals surface area contributed by atoms with Gasteiger partial charge in [0.05, 0.1) is 5.56 Å². The Balaban J connectivity index is 2.74. The summed E-state index contributed by atoms with van der Waals surface area (Å²) in [7, 11) is 0. The molecule has 0 atom stereocenters. The van der Waals surface area contributed by atoms with E-state index in [0.29, 0.717) is 5.56 Å². The van der Waals surface area contributed by atoms with Gasteiger partial charge in [-0.3, -0.25) is 0 Å². The van der Waals surface area contributed by atoms with Crippen molar-refractivity contribution in [2.24, 2.45) is 0 Å². The first-order valence-corrected chi connectivity index (χ1v) is 4.93. The van der Waals surface area contributed by atoms with Crippen molar-refractivity contribution in [3.05, 3.63) is 35.6 Å². The molecule has 3 heteroatoms. The van der Waals surface area contributed by atoms with Crippen LogP contribution in [0.15, 0.2) is 24.3 Å². The molecule has 82 valence electrons. The second-order valence-corrected chi connectivity index (χ2v) is 4.01. The third-order valence-electron chi connectivity index (χ3n) is 2.30. The molecule has 0 aliphatic rings. The fraction of sp³-hybridized carbons (Fsp3) is 0.417. The molecule has 0 aromatic heterocycles. The van der Waals surface area contributed by atoms with E-state index >= 15 is 0 Å². The number of ether oxygens (including phenoxy) is 1. The van der Waals surface area contributed by atoms with Crippen molar-refractivity contribution in [2.45, 2.75) is 32.8 Å². The van der Waals surface area contributed by atoms with E-state index in [9.17, 15) is 9.18 Å². The number of carbonyl (C=O) groups excluding carboxylic acids is 1. The van der Waals surface area contributed by atoms with Gasteiger partial charge in [0.2, 0.25) is 0 Å². The number of hydrogen-bond acceptors (Lipinski definition) is 2. The molecule has 0 N–H and O–H groups in total. The predicted molar refractivity (Wildman–Crippen MR) is 56.2 cm³/mol. The first-order valence-electron chi connectivity index (χ1n) is 4.93. The van der Waals surface area contributed by atoms with Gasteiger partial charge in [0.15, 0.2) is 0 Å². The molecular weight excluding hydrogens is 195 g/mol. The number of hydrogen-bond donors (Lipinski definition) is 0. The van der Waals surface area contributed by atoms with Crippen LogP contribution < -0.4 is 0 Å². The van der Waals surface area contributed by atoms with Gasteiger partial charge in [0, 0.05) is 0 Å². The predicted octanol–water partition coefficient (Wildman–Crippen LogP) is 3.17. The minimum atomic E-state index is -0.481. The molecular formula is C12H15FO2. The molecule has 1 aromatic carbocycles. The molecule has 1 aromatic rings. The monoisotopic (exact) mass is 210 g/mol. The lowest BCUT2D eigenvalue weighted by molar-refractivity contribution is -0.00243. The topological polar surface area (TPSA) is 26.3 Å². The smallest absolute Gasteiger partial charge is 0.338 e. The molecule has 0 aliphatic carbocycles. The van der Waals surface area contributed by atoms with E-state index in [1.807, 2.05) is 20.8 Å². The van der Waals surface area contributed by atoms with Crippen LogP contribution in [0.3, 0.4) is 0 Å². The largest absolute Gasteiger partial charge is 0.456 e. The molecule has 0 saturated carbocycles. The van der Waals surface area contributed by atoms with Crippen LogP contribution in [0.2, 0.25) is 0 Å². The van der Waals surface area contributed by atoms with E-state index in [1.165, 1.54) is 24.3 Å². The van der Waals surface area contributed by atoms with Crippen molar-refractivity contribution in [2.75, 3.05) is 0 Å². The number of halogens is 1. The van der Waals surface area contributed by atoms with E-state index in [2.05, 4.69) is 0 Å². The van der Waals surface area contributed by atoms with E-state index in [1.54, 1.807) is 0 Å². The van der Waals surface area contributed by atoms with Gasteiger partial charge in [-0.1, -0.05) is 6.92 Å². The summed E-state index contributed by atoms with van der Waals surface area (Å²) in [5, 5.41) is 0. The zero-order valence-corrected chi connectivity index (χ0v) is 9.21. The van der Waals surface area contributed by atoms with Gasteiger partial charge in [-0.05, 0) is 44.5 Å². The van der Waals surface area contributed by atoms with E-state index in [-0.39, 0.29) is 5.82 Å². The molecule has 0 aliphatic heterocycles. The fourth-order valence-corrected chi connectivity index (χ4v) is 0.968. The zero-order valence-electron chi connectivity index (χ0n) is 9.21. The SMILES string of the molecule is CCC(C)(C)OC(=O)c1ccc(F)cc1. The molecule has 0 radical (unpaired) electrons. The number of esters is 1. The summed E-state index contributed by atoms with van der Waals surface area (Å²) in [4.78, 5) is 11.6. The van der Waals surface area contributed by atoms with Crippen LogP contribution in [-0.4, -0.2) is 11.6 Å². The minimum Gasteiger partial charge on any atom is -0.456 e. The Hall–Kier alpha value is -1.38. The highest BCUT2D eigenvalue weighted by Gasteiger charge is 2.21. The van der Waals surface area contributed by atoms with Crippen LogP contribution in [0.1, 0.15) is 37.6 Å². The Labute approximate surface area is 89.1 Å². The van der Waals surface area contributed by atoms with Crippen LogP contribution >= 0.6 is 0 Å². The molecule has 15 heavy (non-hydrogen) atoms. The van der Waals surface area contributed by atoms with Gasteiger partial charge in [-0.25, -0.2) is 9.18 Å². The molecule has 2 nitrogen and oxygen atoms in total. The molecule has 1 rings (SSSR count). The maximum atomic E-state index is 12.6. The minimum absolute atomic E-state index is 0.360. The summed E-state index contributed by atoms with van der Waals surface area (Å²) >= 11 is 0. The first-order chi connectivity index (χ1) is 6.94. The van der Waals surface area contributed by atoms with Crippen molar-refractivity contribution in [1.82, 2.24) is 0 Å². The van der Waals surface area contributed by atoms with E-state index in [0.717, 1.165) is 6.42 Å². The fourth-order valence-electron chi connectivity index (χ4n) is 0.968. The third kappa shape index (κ3) is 3.35. The van der Waals surface area contributed by atoms with Crippen molar-refractivity contribution in [3.8, 4) is 0 Å². The van der Waals surface area contributed by atoms with Gasteiger partial charge in [-0.15, -0.1) is 0 Å². The lowest BCUT2D eigenvalue weighted by Crippen LogP contribution is -2.27. The highest BCUT2D eigenvalue weighted by molar-refractivity contribution is 5.89. The molecule has 0 saturated heterocycles. The lowest BCUT2D eigenvalue weighted by atomic mass is 10.1. The summed E-state index contributed by atoms with van der Waals surface area (Å²) in [6.07, 6.45) is 0.736. The summed E-state index contributed by atoms with van der Waals surface area (Å²) < 4.78 is 17.9. The normalized spacial score (nSPS) is 11.2. The van der Waals surface area contributed by atoms with Crippen LogP contribution in [0, 0.1) is 5.82 Å². The highest BCUT2D eigenvalue weighted by atomic mass is 19.1. The first kappa shape index (κ1) is 11.7. The Kier molecular flexibility index (Phi) is 3.45. The standard InChI is InChI=1S/C12H15FO2/c1-4-12(2,3)15-11(14)9-5-7-10(13)8-6-9/h5-8H,4H2,1-3H3. The number of carbonyl (C=O) groups is 1. The Bertz CT molecular complexity index is 341. The quantitative estimate of drug-likeness (QED) is 0.716. The average molecular weight is 210 g/mol. The van der Waals surface area contributed by atoms with Gasteiger partial charge in [-0.2, -0.15) is 0 Å². The van der Waals surface area contributed by atoms with Crippen molar-refractivity contribution in [1.29, 1.82) is 0 Å². The highest BCUT2D eigenvalue weighted by Crippen LogP contribution is 2.16. The van der Waals surface area contributed by atoms with E-state index in [4.69, 9.17) is 4.74 Å². The zero-order chi connectivity index (χ0) is 11.5. The van der Waals surface area contributed by atoms with Gasteiger partial charge in [0.25, 0.3) is 0 Å². The van der Waals surface area contributed by atoms with Crippen molar-refractivity contribution >= 4 is 5.97 Å². The van der Waals surface area contributed by atoms with Crippen LogP contribution in [0.4, 0.5) is 4.39 Å². The summed E-state index contributed by atoms with van der Waals surface area (Å²) in [6.45, 7) is 5.63. The summed E-state index contributed by atoms with van der Waals surface area (Å²) in [5.74, 6) is -0.775. The molecule has 0 heterocycles. The second kappa shape index (κ2) is 4.43. The number of benzene rings is 1. The maximum Gasteiger partial charge on any atom is 0.338 e. The lowest BCUT2D eigenvalue weighted by Gasteiger charge is -2.23. The Morgan fingerprint density at radius 1 is 1.33 bits per heavy atom. The van der Waals surface area contributed by atoms with Crippen LogP contribution in [-0.2, 0) is 4.74 Å². The van der Waals surface area contributed by atoms with Crippen molar-refractivity contribution < 1.29 is 13.9 Å².